The molecule has 0 unspecified atom stereocenters. The zero-order valence-corrected chi connectivity index (χ0v) is 13.3. The van der Waals surface area contributed by atoms with E-state index < -0.39 is 0 Å². The highest BCUT2D eigenvalue weighted by atomic mass is 32.2. The highest BCUT2D eigenvalue weighted by Crippen LogP contribution is 2.29. The van der Waals surface area contributed by atoms with Crippen molar-refractivity contribution in [3.63, 3.8) is 0 Å². The van der Waals surface area contributed by atoms with Crippen molar-refractivity contribution in [3.8, 4) is 5.95 Å². The van der Waals surface area contributed by atoms with Gasteiger partial charge in [-0.05, 0) is 24.5 Å². The Labute approximate surface area is 138 Å². The molecule has 2 aromatic heterocycles. The summed E-state index contributed by atoms with van der Waals surface area (Å²) in [5.74, 6) is 0.578. The molecule has 0 saturated heterocycles. The van der Waals surface area contributed by atoms with Gasteiger partial charge in [0, 0.05) is 40.7 Å². The highest BCUT2D eigenvalue weighted by Gasteiger charge is 2.10. The Morgan fingerprint density at radius 2 is 1.96 bits per heavy atom. The van der Waals surface area contributed by atoms with Crippen LogP contribution in [-0.2, 0) is 0 Å². The molecule has 3 aromatic rings. The van der Waals surface area contributed by atoms with Gasteiger partial charge < -0.3 is 10.8 Å². The molecule has 114 valence electrons. The maximum Gasteiger partial charge on any atom is 0.234 e. The normalized spacial score (nSPS) is 11.2. The van der Waals surface area contributed by atoms with Gasteiger partial charge in [0.05, 0.1) is 11.2 Å². The average molecular weight is 321 g/mol. The lowest BCUT2D eigenvalue weighted by molar-refractivity contribution is 0.952. The molecule has 0 spiro atoms. The highest BCUT2D eigenvalue weighted by molar-refractivity contribution is 7.98. The van der Waals surface area contributed by atoms with Crippen LogP contribution in [-0.4, -0.2) is 32.7 Å². The van der Waals surface area contributed by atoms with Gasteiger partial charge in [0.15, 0.2) is 0 Å². The quantitative estimate of drug-likeness (QED) is 0.555. The van der Waals surface area contributed by atoms with Crippen LogP contribution in [0.5, 0.6) is 0 Å². The monoisotopic (exact) mass is 321 g/mol. The minimum Gasteiger partial charge on any atom is -0.309 e. The zero-order valence-electron chi connectivity index (χ0n) is 12.5. The van der Waals surface area contributed by atoms with E-state index in [2.05, 4.69) is 16.0 Å². The third-order valence-electron chi connectivity index (χ3n) is 3.42. The summed E-state index contributed by atoms with van der Waals surface area (Å²) < 4.78 is 1.96. The number of benzene rings is 1. The third kappa shape index (κ3) is 2.93. The van der Waals surface area contributed by atoms with Crippen molar-refractivity contribution < 1.29 is 0 Å². The zero-order chi connectivity index (χ0) is 16.2. The number of hydrogen-bond donors (Lipinski definition) is 2. The molecule has 23 heavy (non-hydrogen) atoms. The molecular formula is C17H15N5S. The van der Waals surface area contributed by atoms with Crippen molar-refractivity contribution in [2.75, 3.05) is 6.26 Å². The lowest BCUT2D eigenvalue weighted by atomic mass is 10.2. The average Bonchev–Trinajstić information content (AvgIpc) is 2.98. The fourth-order valence-electron chi connectivity index (χ4n) is 2.30. The van der Waals surface area contributed by atoms with Gasteiger partial charge in [-0.25, -0.2) is 9.97 Å². The molecule has 3 rings (SSSR count). The molecule has 0 saturated carbocycles. The molecule has 1 aromatic carbocycles. The van der Waals surface area contributed by atoms with E-state index in [1.807, 2.05) is 35.2 Å². The molecule has 0 radical (unpaired) electrons. The number of nitrogens with zero attached hydrogens (tertiary/aromatic N) is 3. The summed E-state index contributed by atoms with van der Waals surface area (Å²) in [5, 5.41) is 16.0. The topological polar surface area (TPSA) is 78.4 Å². The molecule has 2 heterocycles. The van der Waals surface area contributed by atoms with Crippen molar-refractivity contribution in [2.24, 2.45) is 0 Å². The molecule has 0 bridgehead atoms. The number of hydrogen-bond acceptors (Lipinski definition) is 5. The van der Waals surface area contributed by atoms with E-state index >= 15 is 0 Å². The Morgan fingerprint density at radius 3 is 2.65 bits per heavy atom. The lowest BCUT2D eigenvalue weighted by Crippen LogP contribution is -2.03. The van der Waals surface area contributed by atoms with E-state index in [4.69, 9.17) is 10.8 Å². The van der Waals surface area contributed by atoms with Crippen molar-refractivity contribution in [1.82, 2.24) is 14.5 Å². The molecule has 0 amide bonds. The molecule has 0 fully saturated rings. The van der Waals surface area contributed by atoms with Gasteiger partial charge in [0.2, 0.25) is 5.95 Å². The number of rotatable bonds is 5. The van der Waals surface area contributed by atoms with Crippen LogP contribution in [0.15, 0.2) is 59.9 Å². The second kappa shape index (κ2) is 6.58. The van der Waals surface area contributed by atoms with Crippen LogP contribution in [0.3, 0.4) is 0 Å². The molecular weight excluding hydrogens is 306 g/mol. The van der Waals surface area contributed by atoms with Gasteiger partial charge >= 0.3 is 0 Å². The first-order valence-corrected chi connectivity index (χ1v) is 8.19. The Morgan fingerprint density at radius 1 is 1.22 bits per heavy atom. The van der Waals surface area contributed by atoms with Gasteiger partial charge in [0.25, 0.3) is 0 Å². The van der Waals surface area contributed by atoms with E-state index in [1.165, 1.54) is 16.4 Å². The van der Waals surface area contributed by atoms with Crippen LogP contribution < -0.4 is 0 Å². The van der Waals surface area contributed by atoms with Crippen LogP contribution in [0.25, 0.3) is 16.9 Å². The summed E-state index contributed by atoms with van der Waals surface area (Å²) in [7, 11) is 0. The first kappa shape index (κ1) is 15.2. The van der Waals surface area contributed by atoms with Crippen molar-refractivity contribution in [3.05, 3.63) is 60.6 Å². The maximum absolute atomic E-state index is 7.89. The maximum atomic E-state index is 7.89. The fraction of sp³-hybridized carbons (Fsp3) is 0.0588. The van der Waals surface area contributed by atoms with Crippen LogP contribution in [0, 0.1) is 10.8 Å². The first-order chi connectivity index (χ1) is 11.2. The standard InChI is InChI=1S/C17H15N5S/c1-23-16-11-22(15-7-3-2-5-13(15)16)17-20-9-12(10-21-17)14(19)6-4-8-18/h2-11,18-19H,1H3/b6-4-,18-8?,19-14?. The van der Waals surface area contributed by atoms with E-state index in [0.717, 1.165) is 11.7 Å². The minimum atomic E-state index is 0.280. The molecule has 2 N–H and O–H groups in total. The third-order valence-corrected chi connectivity index (χ3v) is 4.18. The molecule has 6 heteroatoms. The second-order valence-electron chi connectivity index (χ2n) is 4.80. The Balaban J connectivity index is 2.01. The molecule has 0 aliphatic rings. The number of para-hydroxylation sites is 1. The number of aromatic nitrogens is 3. The van der Waals surface area contributed by atoms with Crippen LogP contribution in [0.2, 0.25) is 0 Å². The number of thioether (sulfide) groups is 1. The number of allylic oxidation sites excluding steroid dienone is 2. The van der Waals surface area contributed by atoms with Gasteiger partial charge in [-0.3, -0.25) is 4.57 Å². The fourth-order valence-corrected chi connectivity index (χ4v) is 2.91. The summed E-state index contributed by atoms with van der Waals surface area (Å²) in [6, 6.07) is 8.15. The van der Waals surface area contributed by atoms with Crippen molar-refractivity contribution >= 4 is 34.6 Å². The number of fused-ring (bicyclic) bond motifs is 1. The van der Waals surface area contributed by atoms with Crippen molar-refractivity contribution in [2.45, 2.75) is 4.90 Å². The summed E-state index contributed by atoms with van der Waals surface area (Å²) in [6.45, 7) is 0. The molecule has 0 aliphatic heterocycles. The van der Waals surface area contributed by atoms with E-state index in [0.29, 0.717) is 11.5 Å². The van der Waals surface area contributed by atoms with Crippen LogP contribution in [0.1, 0.15) is 5.56 Å². The van der Waals surface area contributed by atoms with E-state index in [1.54, 1.807) is 30.2 Å². The van der Waals surface area contributed by atoms with E-state index in [9.17, 15) is 0 Å². The Kier molecular flexibility index (Phi) is 4.34. The smallest absolute Gasteiger partial charge is 0.234 e. The largest absolute Gasteiger partial charge is 0.309 e. The van der Waals surface area contributed by atoms with Gasteiger partial charge in [-0.15, -0.1) is 11.8 Å². The summed E-state index contributed by atoms with van der Waals surface area (Å²) in [6.07, 6.45) is 11.5. The molecule has 0 aliphatic carbocycles. The predicted molar refractivity (Wildman–Crippen MR) is 95.4 cm³/mol. The summed E-state index contributed by atoms with van der Waals surface area (Å²) >= 11 is 1.69. The first-order valence-electron chi connectivity index (χ1n) is 6.97. The van der Waals surface area contributed by atoms with Gasteiger partial charge in [0.1, 0.15) is 0 Å². The molecule has 5 nitrogen and oxygen atoms in total. The summed E-state index contributed by atoms with van der Waals surface area (Å²) in [4.78, 5) is 9.95. The van der Waals surface area contributed by atoms with E-state index in [-0.39, 0.29) is 5.71 Å². The predicted octanol–water partition coefficient (Wildman–Crippen LogP) is 3.72. The van der Waals surface area contributed by atoms with Gasteiger partial charge in [-0.1, -0.05) is 18.2 Å². The SMILES string of the molecule is CSc1cn(-c2ncc(C(=N)/C=C\C=N)cn2)c2ccccc12. The Bertz CT molecular complexity index is 893. The Hall–Kier alpha value is -2.73. The van der Waals surface area contributed by atoms with Gasteiger partial charge in [-0.2, -0.15) is 0 Å². The lowest BCUT2D eigenvalue weighted by Gasteiger charge is -2.04. The minimum absolute atomic E-state index is 0.280. The van der Waals surface area contributed by atoms with Crippen LogP contribution >= 0.6 is 11.8 Å². The second-order valence-corrected chi connectivity index (χ2v) is 5.64. The summed E-state index contributed by atoms with van der Waals surface area (Å²) in [5.41, 5.74) is 1.96. The van der Waals surface area contributed by atoms with Crippen LogP contribution in [0.4, 0.5) is 0 Å². The van der Waals surface area contributed by atoms with Crippen molar-refractivity contribution in [1.29, 1.82) is 10.8 Å². The number of nitrogens with one attached hydrogen (secondary N) is 2. The molecule has 0 atom stereocenters.